The van der Waals surface area contributed by atoms with Crippen molar-refractivity contribution >= 4 is 11.9 Å². The molecule has 1 saturated carbocycles. The predicted molar refractivity (Wildman–Crippen MR) is 114 cm³/mol. The summed E-state index contributed by atoms with van der Waals surface area (Å²) in [6.07, 6.45) is 6.61. The Kier molecular flexibility index (Phi) is 7.81. The highest BCUT2D eigenvalue weighted by molar-refractivity contribution is 5.96. The highest BCUT2D eigenvalue weighted by Crippen LogP contribution is 2.24. The van der Waals surface area contributed by atoms with Gasteiger partial charge in [0.05, 0.1) is 18.4 Å². The lowest BCUT2D eigenvalue weighted by Gasteiger charge is -2.23. The third-order valence-corrected chi connectivity index (χ3v) is 5.16. The second-order valence-corrected chi connectivity index (χ2v) is 7.61. The molecular formula is C23H29N3O5. The van der Waals surface area contributed by atoms with Crippen LogP contribution >= 0.6 is 0 Å². The molecule has 2 N–H and O–H groups in total. The van der Waals surface area contributed by atoms with Gasteiger partial charge in [0.1, 0.15) is 18.1 Å². The topological polar surface area (TPSA) is 111 Å². The standard InChI is InChI=1S/C23H29N3O5/c1-3-30-20(27)14-24-23(29)21-22(28)15(2)25-19(26-21)13-16-9-11-18(12-10-16)31-17-7-5-4-6-8-17/h9-12,17,28H,3-8,13-14H2,1-2H3,(H,24,29). The van der Waals surface area contributed by atoms with Gasteiger partial charge >= 0.3 is 5.97 Å². The van der Waals surface area contributed by atoms with Gasteiger partial charge in [-0.15, -0.1) is 0 Å². The van der Waals surface area contributed by atoms with Gasteiger partial charge in [0.25, 0.3) is 5.91 Å². The molecular weight excluding hydrogens is 398 g/mol. The monoisotopic (exact) mass is 427 g/mol. The fourth-order valence-corrected chi connectivity index (χ4v) is 3.55. The van der Waals surface area contributed by atoms with Crippen LogP contribution < -0.4 is 10.1 Å². The Morgan fingerprint density at radius 3 is 2.52 bits per heavy atom. The summed E-state index contributed by atoms with van der Waals surface area (Å²) in [5.74, 6) is -0.276. The van der Waals surface area contributed by atoms with Crippen LogP contribution in [0.2, 0.25) is 0 Å². The van der Waals surface area contributed by atoms with Gasteiger partial charge in [-0.05, 0) is 57.2 Å². The Morgan fingerprint density at radius 1 is 1.13 bits per heavy atom. The molecule has 1 heterocycles. The number of ether oxygens (including phenoxy) is 2. The number of rotatable bonds is 8. The van der Waals surface area contributed by atoms with Crippen molar-refractivity contribution in [1.82, 2.24) is 15.3 Å². The largest absolute Gasteiger partial charge is 0.504 e. The summed E-state index contributed by atoms with van der Waals surface area (Å²) in [6, 6.07) is 7.77. The molecule has 0 atom stereocenters. The molecule has 8 heteroatoms. The van der Waals surface area contributed by atoms with Gasteiger partial charge in [-0.3, -0.25) is 9.59 Å². The minimum absolute atomic E-state index is 0.163. The van der Waals surface area contributed by atoms with Crippen LogP contribution in [0.5, 0.6) is 11.5 Å². The van der Waals surface area contributed by atoms with Crippen molar-refractivity contribution in [3.8, 4) is 11.5 Å². The van der Waals surface area contributed by atoms with Crippen molar-refractivity contribution < 1.29 is 24.2 Å². The van der Waals surface area contributed by atoms with Gasteiger partial charge in [0, 0.05) is 6.42 Å². The highest BCUT2D eigenvalue weighted by Gasteiger charge is 2.19. The van der Waals surface area contributed by atoms with E-state index in [9.17, 15) is 14.7 Å². The molecule has 0 spiro atoms. The van der Waals surface area contributed by atoms with E-state index >= 15 is 0 Å². The van der Waals surface area contributed by atoms with E-state index in [1.54, 1.807) is 13.8 Å². The number of benzene rings is 1. The molecule has 1 aromatic heterocycles. The molecule has 8 nitrogen and oxygen atoms in total. The van der Waals surface area contributed by atoms with Crippen LogP contribution in [0.25, 0.3) is 0 Å². The van der Waals surface area contributed by atoms with Gasteiger partial charge in [-0.1, -0.05) is 18.6 Å². The molecule has 3 rings (SSSR count). The zero-order valence-electron chi connectivity index (χ0n) is 18.0. The normalized spacial score (nSPS) is 14.1. The van der Waals surface area contributed by atoms with Gasteiger partial charge in [0.15, 0.2) is 11.4 Å². The van der Waals surface area contributed by atoms with Crippen molar-refractivity contribution in [1.29, 1.82) is 0 Å². The van der Waals surface area contributed by atoms with E-state index in [2.05, 4.69) is 15.3 Å². The van der Waals surface area contributed by atoms with Crippen LogP contribution in [0.1, 0.15) is 66.6 Å². The molecule has 1 aromatic carbocycles. The average molecular weight is 428 g/mol. The first-order valence-electron chi connectivity index (χ1n) is 10.7. The van der Waals surface area contributed by atoms with Gasteiger partial charge in [-0.2, -0.15) is 0 Å². The molecule has 2 aromatic rings. The maximum Gasteiger partial charge on any atom is 0.325 e. The average Bonchev–Trinajstić information content (AvgIpc) is 2.77. The number of nitrogens with zero attached hydrogens (tertiary/aromatic N) is 2. The highest BCUT2D eigenvalue weighted by atomic mass is 16.5. The van der Waals surface area contributed by atoms with Crippen LogP contribution in [-0.4, -0.2) is 46.2 Å². The quantitative estimate of drug-likeness (QED) is 0.623. The van der Waals surface area contributed by atoms with Crippen LogP contribution in [0.15, 0.2) is 24.3 Å². The lowest BCUT2D eigenvalue weighted by atomic mass is 9.98. The Labute approximate surface area is 182 Å². The van der Waals surface area contributed by atoms with E-state index in [1.165, 1.54) is 19.3 Å². The first-order chi connectivity index (χ1) is 15.0. The number of hydrogen-bond donors (Lipinski definition) is 2. The smallest absolute Gasteiger partial charge is 0.325 e. The number of amides is 1. The Morgan fingerprint density at radius 2 is 1.84 bits per heavy atom. The number of esters is 1. The van der Waals surface area contributed by atoms with Crippen molar-refractivity contribution in [2.24, 2.45) is 0 Å². The van der Waals surface area contributed by atoms with E-state index in [1.807, 2.05) is 24.3 Å². The van der Waals surface area contributed by atoms with Crippen LogP contribution in [0.3, 0.4) is 0 Å². The van der Waals surface area contributed by atoms with E-state index in [0.29, 0.717) is 24.0 Å². The van der Waals surface area contributed by atoms with Gasteiger partial charge in [0.2, 0.25) is 0 Å². The fourth-order valence-electron chi connectivity index (χ4n) is 3.55. The van der Waals surface area contributed by atoms with E-state index in [4.69, 9.17) is 9.47 Å². The van der Waals surface area contributed by atoms with Crippen LogP contribution in [0, 0.1) is 6.92 Å². The van der Waals surface area contributed by atoms with Crippen LogP contribution in [-0.2, 0) is 16.0 Å². The molecule has 1 fully saturated rings. The van der Waals surface area contributed by atoms with Gasteiger partial charge < -0.3 is 19.9 Å². The number of aryl methyl sites for hydroxylation is 1. The number of aromatic hydroxyl groups is 1. The third kappa shape index (κ3) is 6.41. The molecule has 1 aliphatic carbocycles. The first kappa shape index (κ1) is 22.5. The number of carbonyl (C=O) groups excluding carboxylic acids is 2. The molecule has 166 valence electrons. The van der Waals surface area contributed by atoms with Crippen molar-refractivity contribution in [3.05, 3.63) is 47.0 Å². The van der Waals surface area contributed by atoms with Gasteiger partial charge in [-0.25, -0.2) is 9.97 Å². The molecule has 1 amide bonds. The van der Waals surface area contributed by atoms with Crippen molar-refractivity contribution in [3.63, 3.8) is 0 Å². The molecule has 0 saturated heterocycles. The molecule has 31 heavy (non-hydrogen) atoms. The third-order valence-electron chi connectivity index (χ3n) is 5.16. The minimum atomic E-state index is -0.659. The summed E-state index contributed by atoms with van der Waals surface area (Å²) >= 11 is 0. The fraction of sp³-hybridized carbons (Fsp3) is 0.478. The Bertz CT molecular complexity index is 908. The summed E-state index contributed by atoms with van der Waals surface area (Å²) in [5.41, 5.74) is 1.09. The number of nitrogens with one attached hydrogen (secondary N) is 1. The number of aromatic nitrogens is 2. The first-order valence-corrected chi connectivity index (χ1v) is 10.7. The zero-order chi connectivity index (χ0) is 22.2. The van der Waals surface area contributed by atoms with E-state index in [-0.39, 0.29) is 24.6 Å². The van der Waals surface area contributed by atoms with E-state index in [0.717, 1.165) is 24.2 Å². The second-order valence-electron chi connectivity index (χ2n) is 7.61. The minimum Gasteiger partial charge on any atom is -0.504 e. The molecule has 0 radical (unpaired) electrons. The number of carbonyl (C=O) groups is 2. The summed E-state index contributed by atoms with van der Waals surface area (Å²) in [5, 5.41) is 12.6. The Hall–Kier alpha value is -3.16. The van der Waals surface area contributed by atoms with Crippen molar-refractivity contribution in [2.75, 3.05) is 13.2 Å². The molecule has 0 unspecified atom stereocenters. The lowest BCUT2D eigenvalue weighted by molar-refractivity contribution is -0.141. The zero-order valence-corrected chi connectivity index (χ0v) is 18.0. The lowest BCUT2D eigenvalue weighted by Crippen LogP contribution is -2.31. The molecule has 0 aliphatic heterocycles. The predicted octanol–water partition coefficient (Wildman–Crippen LogP) is 3.09. The Balaban J connectivity index is 1.65. The summed E-state index contributed by atoms with van der Waals surface area (Å²) < 4.78 is 10.8. The summed E-state index contributed by atoms with van der Waals surface area (Å²) in [6.45, 7) is 3.21. The maximum absolute atomic E-state index is 12.4. The molecule has 0 bridgehead atoms. The molecule has 1 aliphatic rings. The summed E-state index contributed by atoms with van der Waals surface area (Å²) in [7, 11) is 0. The van der Waals surface area contributed by atoms with E-state index < -0.39 is 11.9 Å². The van der Waals surface area contributed by atoms with Crippen LogP contribution in [0.4, 0.5) is 0 Å². The SMILES string of the molecule is CCOC(=O)CNC(=O)c1nc(Cc2ccc(OC3CCCCC3)cc2)nc(C)c1O. The van der Waals surface area contributed by atoms with Crippen molar-refractivity contribution in [2.45, 2.75) is 58.5 Å². The second kappa shape index (κ2) is 10.7. The maximum atomic E-state index is 12.4. The summed E-state index contributed by atoms with van der Waals surface area (Å²) in [4.78, 5) is 32.3. The number of hydrogen-bond acceptors (Lipinski definition) is 7.